The summed E-state index contributed by atoms with van der Waals surface area (Å²) < 4.78 is 0. The number of nitrogens with one attached hydrogen (secondary N) is 1. The Morgan fingerprint density at radius 3 is 2.69 bits per heavy atom. The summed E-state index contributed by atoms with van der Waals surface area (Å²) in [5.74, 6) is 0.915. The van der Waals surface area contributed by atoms with Gasteiger partial charge in [0, 0.05) is 31.2 Å². The molecule has 0 aromatic heterocycles. The second kappa shape index (κ2) is 4.50. The van der Waals surface area contributed by atoms with Crippen molar-refractivity contribution < 1.29 is 0 Å². The van der Waals surface area contributed by atoms with Crippen molar-refractivity contribution in [3.63, 3.8) is 0 Å². The van der Waals surface area contributed by atoms with Gasteiger partial charge in [-0.25, -0.2) is 0 Å². The molecule has 2 fully saturated rings. The van der Waals surface area contributed by atoms with Crippen LogP contribution in [0.15, 0.2) is 12.2 Å². The fourth-order valence-corrected chi connectivity index (χ4v) is 3.02. The summed E-state index contributed by atoms with van der Waals surface area (Å²) in [5.41, 5.74) is 1.65. The van der Waals surface area contributed by atoms with Crippen molar-refractivity contribution in [1.82, 2.24) is 10.2 Å². The highest BCUT2D eigenvalue weighted by Gasteiger charge is 2.45. The van der Waals surface area contributed by atoms with E-state index in [4.69, 9.17) is 0 Å². The van der Waals surface area contributed by atoms with Crippen LogP contribution in [0.2, 0.25) is 0 Å². The maximum absolute atomic E-state index is 4.06. The Bertz CT molecular complexity index is 270. The van der Waals surface area contributed by atoms with E-state index in [1.165, 1.54) is 31.4 Å². The molecule has 1 saturated heterocycles. The first-order chi connectivity index (χ1) is 7.55. The van der Waals surface area contributed by atoms with Crippen molar-refractivity contribution in [3.8, 4) is 0 Å². The second-order valence-corrected chi connectivity index (χ2v) is 6.00. The van der Waals surface area contributed by atoms with Crippen molar-refractivity contribution in [2.45, 2.75) is 51.6 Å². The lowest BCUT2D eigenvalue weighted by Crippen LogP contribution is -2.63. The topological polar surface area (TPSA) is 15.3 Å². The molecule has 16 heavy (non-hydrogen) atoms. The Morgan fingerprint density at radius 2 is 2.19 bits per heavy atom. The first kappa shape index (κ1) is 12.1. The van der Waals surface area contributed by atoms with Gasteiger partial charge in [-0.05, 0) is 39.0 Å². The van der Waals surface area contributed by atoms with E-state index < -0.39 is 0 Å². The molecule has 1 aliphatic carbocycles. The van der Waals surface area contributed by atoms with E-state index in [1.54, 1.807) is 0 Å². The standard InChI is InChI=1S/C14H26N2/c1-5-13-8-15-14(4,12-6-7-12)10-16(13)9-11(2)3/h12-13,15H,2,5-10H2,1,3-4H3. The fourth-order valence-electron chi connectivity index (χ4n) is 3.02. The van der Waals surface area contributed by atoms with E-state index >= 15 is 0 Å². The molecular formula is C14H26N2. The molecule has 0 aromatic rings. The first-order valence-corrected chi connectivity index (χ1v) is 6.68. The van der Waals surface area contributed by atoms with E-state index in [0.717, 1.165) is 19.0 Å². The van der Waals surface area contributed by atoms with Crippen LogP contribution in [0.1, 0.15) is 40.0 Å². The summed E-state index contributed by atoms with van der Waals surface area (Å²) >= 11 is 0. The summed E-state index contributed by atoms with van der Waals surface area (Å²) in [7, 11) is 0. The lowest BCUT2D eigenvalue weighted by molar-refractivity contribution is 0.0813. The molecule has 0 radical (unpaired) electrons. The van der Waals surface area contributed by atoms with Gasteiger partial charge < -0.3 is 5.32 Å². The van der Waals surface area contributed by atoms with Gasteiger partial charge in [0.2, 0.25) is 0 Å². The normalized spacial score (nSPS) is 36.3. The zero-order chi connectivity index (χ0) is 11.8. The average Bonchev–Trinajstić information content (AvgIpc) is 3.00. The minimum atomic E-state index is 0.362. The minimum Gasteiger partial charge on any atom is -0.308 e. The quantitative estimate of drug-likeness (QED) is 0.735. The predicted molar refractivity (Wildman–Crippen MR) is 69.6 cm³/mol. The van der Waals surface area contributed by atoms with Gasteiger partial charge in [-0.3, -0.25) is 4.90 Å². The molecule has 2 nitrogen and oxygen atoms in total. The van der Waals surface area contributed by atoms with E-state index in [2.05, 4.69) is 37.6 Å². The van der Waals surface area contributed by atoms with Gasteiger partial charge in [-0.1, -0.05) is 19.1 Å². The summed E-state index contributed by atoms with van der Waals surface area (Å²) in [5, 5.41) is 3.79. The van der Waals surface area contributed by atoms with Crippen molar-refractivity contribution in [1.29, 1.82) is 0 Å². The molecule has 0 aromatic carbocycles. The molecule has 1 aliphatic heterocycles. The van der Waals surface area contributed by atoms with Crippen molar-refractivity contribution in [2.75, 3.05) is 19.6 Å². The molecule has 0 bridgehead atoms. The monoisotopic (exact) mass is 222 g/mol. The zero-order valence-corrected chi connectivity index (χ0v) is 11.1. The highest BCUT2D eigenvalue weighted by Crippen LogP contribution is 2.41. The van der Waals surface area contributed by atoms with Gasteiger partial charge >= 0.3 is 0 Å². The van der Waals surface area contributed by atoms with Crippen LogP contribution in [0.25, 0.3) is 0 Å². The molecule has 0 spiro atoms. The maximum Gasteiger partial charge on any atom is 0.0309 e. The second-order valence-electron chi connectivity index (χ2n) is 6.00. The molecule has 2 heteroatoms. The van der Waals surface area contributed by atoms with Gasteiger partial charge in [-0.15, -0.1) is 0 Å². The van der Waals surface area contributed by atoms with Crippen molar-refractivity contribution >= 4 is 0 Å². The highest BCUT2D eigenvalue weighted by atomic mass is 15.3. The van der Waals surface area contributed by atoms with Gasteiger partial charge in [0.15, 0.2) is 0 Å². The SMILES string of the molecule is C=C(C)CN1CC(C)(C2CC2)NCC1CC. The summed E-state index contributed by atoms with van der Waals surface area (Å²) in [4.78, 5) is 2.64. The maximum atomic E-state index is 4.06. The highest BCUT2D eigenvalue weighted by molar-refractivity contribution is 5.06. The van der Waals surface area contributed by atoms with Crippen LogP contribution in [-0.2, 0) is 0 Å². The molecule has 92 valence electrons. The van der Waals surface area contributed by atoms with Gasteiger partial charge in [-0.2, -0.15) is 0 Å². The summed E-state index contributed by atoms with van der Waals surface area (Å²) in [6.07, 6.45) is 4.07. The van der Waals surface area contributed by atoms with Crippen LogP contribution < -0.4 is 5.32 Å². The molecule has 2 rings (SSSR count). The Kier molecular flexibility index (Phi) is 3.41. The van der Waals surface area contributed by atoms with Crippen LogP contribution in [0, 0.1) is 5.92 Å². The number of rotatable bonds is 4. The Morgan fingerprint density at radius 1 is 1.50 bits per heavy atom. The number of hydrogen-bond acceptors (Lipinski definition) is 2. The third-order valence-corrected chi connectivity index (χ3v) is 4.21. The first-order valence-electron chi connectivity index (χ1n) is 6.68. The smallest absolute Gasteiger partial charge is 0.0309 e. The van der Waals surface area contributed by atoms with Crippen LogP contribution in [0.4, 0.5) is 0 Å². The van der Waals surface area contributed by atoms with E-state index in [-0.39, 0.29) is 0 Å². The van der Waals surface area contributed by atoms with E-state index in [1.807, 2.05) is 0 Å². The summed E-state index contributed by atoms with van der Waals surface area (Å²) in [6, 6.07) is 0.698. The van der Waals surface area contributed by atoms with Crippen LogP contribution in [0.3, 0.4) is 0 Å². The molecular weight excluding hydrogens is 196 g/mol. The van der Waals surface area contributed by atoms with E-state index in [0.29, 0.717) is 11.6 Å². The Balaban J connectivity index is 2.02. The summed E-state index contributed by atoms with van der Waals surface area (Å²) in [6.45, 7) is 14.3. The fraction of sp³-hybridized carbons (Fsp3) is 0.857. The van der Waals surface area contributed by atoms with Gasteiger partial charge in [0.1, 0.15) is 0 Å². The zero-order valence-electron chi connectivity index (χ0n) is 11.1. The Labute approximate surface area is 100 Å². The number of nitrogens with zero attached hydrogens (tertiary/aromatic N) is 1. The molecule has 1 heterocycles. The molecule has 2 unspecified atom stereocenters. The third kappa shape index (κ3) is 2.49. The van der Waals surface area contributed by atoms with Crippen LogP contribution in [-0.4, -0.2) is 36.1 Å². The molecule has 1 saturated carbocycles. The minimum absolute atomic E-state index is 0.362. The van der Waals surface area contributed by atoms with E-state index in [9.17, 15) is 0 Å². The Hall–Kier alpha value is -0.340. The van der Waals surface area contributed by atoms with Crippen molar-refractivity contribution in [2.24, 2.45) is 5.92 Å². The molecule has 2 aliphatic rings. The lowest BCUT2D eigenvalue weighted by Gasteiger charge is -2.46. The predicted octanol–water partition coefficient (Wildman–Crippen LogP) is 2.42. The average molecular weight is 222 g/mol. The molecule has 0 amide bonds. The number of piperazine rings is 1. The van der Waals surface area contributed by atoms with Gasteiger partial charge in [0.05, 0.1) is 0 Å². The lowest BCUT2D eigenvalue weighted by atomic mass is 9.90. The largest absolute Gasteiger partial charge is 0.308 e. The molecule has 1 N–H and O–H groups in total. The number of hydrogen-bond donors (Lipinski definition) is 1. The molecule has 2 atom stereocenters. The van der Waals surface area contributed by atoms with Crippen LogP contribution >= 0.6 is 0 Å². The van der Waals surface area contributed by atoms with Crippen molar-refractivity contribution in [3.05, 3.63) is 12.2 Å². The van der Waals surface area contributed by atoms with Crippen LogP contribution in [0.5, 0.6) is 0 Å². The van der Waals surface area contributed by atoms with Gasteiger partial charge in [0.25, 0.3) is 0 Å². The third-order valence-electron chi connectivity index (χ3n) is 4.21.